The molecule has 0 fully saturated rings. The molecule has 1 amide bonds. The number of methoxy groups -OCH3 is 2. The zero-order chi connectivity index (χ0) is 25.7. The molecule has 1 unspecified atom stereocenters. The van der Waals surface area contributed by atoms with Crippen molar-refractivity contribution in [3.63, 3.8) is 0 Å². The summed E-state index contributed by atoms with van der Waals surface area (Å²) in [5, 5.41) is 11.5. The number of para-hydroxylation sites is 2. The average Bonchev–Trinajstić information content (AvgIpc) is 3.50. The smallest absolute Gasteiger partial charge is 0.296 e. The molecule has 36 heavy (non-hydrogen) atoms. The fourth-order valence-electron chi connectivity index (χ4n) is 3.65. The maximum atomic E-state index is 12.4. The van der Waals surface area contributed by atoms with E-state index in [4.69, 9.17) is 14.0 Å². The van der Waals surface area contributed by atoms with E-state index in [0.29, 0.717) is 41.2 Å². The van der Waals surface area contributed by atoms with Crippen LogP contribution in [0.15, 0.2) is 53.3 Å². The number of hydrogen-bond donors (Lipinski definition) is 2. The summed E-state index contributed by atoms with van der Waals surface area (Å²) < 4.78 is 41.8. The van der Waals surface area contributed by atoms with Crippen LogP contribution < -0.4 is 19.1 Å². The van der Waals surface area contributed by atoms with Crippen molar-refractivity contribution in [2.24, 2.45) is 0 Å². The van der Waals surface area contributed by atoms with Gasteiger partial charge in [-0.2, -0.15) is 5.10 Å². The monoisotopic (exact) mass is 509 g/mol. The molecule has 0 saturated heterocycles. The predicted octanol–water partition coefficient (Wildman–Crippen LogP) is 3.00. The van der Waals surface area contributed by atoms with E-state index >= 15 is 0 Å². The lowest BCUT2D eigenvalue weighted by molar-refractivity contribution is -0.115. The van der Waals surface area contributed by atoms with Gasteiger partial charge in [0.15, 0.2) is 5.58 Å². The topological polar surface area (TPSA) is 132 Å². The predicted molar refractivity (Wildman–Crippen MR) is 133 cm³/mol. The van der Waals surface area contributed by atoms with Crippen LogP contribution >= 0.6 is 0 Å². The van der Waals surface area contributed by atoms with Gasteiger partial charge in [-0.25, -0.2) is 8.51 Å². The number of carbonyl (C=O) groups is 1. The molecule has 0 saturated carbocycles. The number of amides is 1. The fraction of sp³-hybridized carbons (Fsp3) is 0.208. The maximum absolute atomic E-state index is 12.4. The molecule has 4 rings (SSSR count). The second-order valence-electron chi connectivity index (χ2n) is 7.48. The third kappa shape index (κ3) is 5.17. The third-order valence-electron chi connectivity index (χ3n) is 5.18. The van der Waals surface area contributed by atoms with Gasteiger partial charge >= 0.3 is 0 Å². The summed E-state index contributed by atoms with van der Waals surface area (Å²) >= 11 is -2.48. The largest absolute Gasteiger partial charge is 0.496 e. The fourth-order valence-corrected chi connectivity index (χ4v) is 4.24. The molecule has 4 aromatic rings. The van der Waals surface area contributed by atoms with Crippen LogP contribution in [0.5, 0.6) is 11.5 Å². The summed E-state index contributed by atoms with van der Waals surface area (Å²) in [6.45, 7) is 2.28. The molecule has 12 heteroatoms. The minimum Gasteiger partial charge on any atom is -0.496 e. The molecule has 0 aliphatic rings. The van der Waals surface area contributed by atoms with Crippen molar-refractivity contribution in [2.75, 3.05) is 18.5 Å². The molecule has 0 bridgehead atoms. The zero-order valence-electron chi connectivity index (χ0n) is 19.7. The minimum atomic E-state index is -2.48. The van der Waals surface area contributed by atoms with Crippen molar-refractivity contribution < 1.29 is 27.6 Å². The van der Waals surface area contributed by atoms with E-state index < -0.39 is 11.3 Å². The maximum Gasteiger partial charge on any atom is 0.296 e. The molecule has 2 N–H and O–H groups in total. The summed E-state index contributed by atoms with van der Waals surface area (Å²) in [5.74, 6) is 5.51. The number of nitrogens with zero attached hydrogens (tertiary/aromatic N) is 4. The molecule has 11 nitrogen and oxygen atoms in total. The van der Waals surface area contributed by atoms with Crippen LogP contribution in [-0.2, 0) is 29.2 Å². The van der Waals surface area contributed by atoms with Gasteiger partial charge in [0.2, 0.25) is 5.82 Å². The van der Waals surface area contributed by atoms with Crippen molar-refractivity contribution in [3.8, 4) is 23.3 Å². The van der Waals surface area contributed by atoms with Crippen molar-refractivity contribution in [2.45, 2.75) is 20.0 Å². The van der Waals surface area contributed by atoms with E-state index in [-0.39, 0.29) is 11.7 Å². The Morgan fingerprint density at radius 2 is 2.00 bits per heavy atom. The van der Waals surface area contributed by atoms with Gasteiger partial charge in [-0.1, -0.05) is 23.2 Å². The van der Waals surface area contributed by atoms with Crippen LogP contribution in [0.2, 0.25) is 0 Å². The number of hydrogen-bond acceptors (Lipinski definition) is 7. The minimum absolute atomic E-state index is 0.103. The van der Waals surface area contributed by atoms with Crippen LogP contribution in [-0.4, -0.2) is 43.8 Å². The number of nitrogens with one attached hydrogen (secondary N) is 1. The number of benzene rings is 2. The highest BCUT2D eigenvalue weighted by molar-refractivity contribution is 7.81. The standard InChI is InChI=1S/C24H23N5O6S/c1-4-7-22(30)25-12-17-13-26-28(15-17)14-16-10-20(34-3)23-21(11-16)35-27-24(23)29(36(31)32)18-8-5-6-9-19(18)33-2/h5-6,8-11,13,15H,12,14H2,1-3H3,(H,25,30)(H,31,32). The van der Waals surface area contributed by atoms with E-state index in [0.717, 1.165) is 15.4 Å². The molecule has 2 aromatic heterocycles. The van der Waals surface area contributed by atoms with E-state index in [2.05, 4.69) is 27.4 Å². The van der Waals surface area contributed by atoms with Crippen LogP contribution in [0.3, 0.4) is 0 Å². The Labute approximate surface area is 209 Å². The van der Waals surface area contributed by atoms with Crippen molar-refractivity contribution in [1.29, 1.82) is 0 Å². The van der Waals surface area contributed by atoms with Gasteiger partial charge in [0.1, 0.15) is 22.6 Å². The molecule has 0 aliphatic carbocycles. The first-order valence-electron chi connectivity index (χ1n) is 10.7. The quantitative estimate of drug-likeness (QED) is 0.260. The highest BCUT2D eigenvalue weighted by Crippen LogP contribution is 2.41. The first-order chi connectivity index (χ1) is 17.4. The summed E-state index contributed by atoms with van der Waals surface area (Å²) in [5.41, 5.74) is 2.31. The van der Waals surface area contributed by atoms with Gasteiger partial charge in [0.05, 0.1) is 27.0 Å². The molecule has 0 aliphatic heterocycles. The Kier molecular flexibility index (Phi) is 7.53. The van der Waals surface area contributed by atoms with Crippen LogP contribution in [0.25, 0.3) is 11.0 Å². The molecular formula is C24H23N5O6S. The number of carbonyl (C=O) groups excluding carboxylic acids is 1. The lowest BCUT2D eigenvalue weighted by Crippen LogP contribution is -2.20. The highest BCUT2D eigenvalue weighted by Gasteiger charge is 2.27. The Morgan fingerprint density at radius 1 is 1.22 bits per heavy atom. The van der Waals surface area contributed by atoms with Gasteiger partial charge < -0.3 is 19.3 Å². The summed E-state index contributed by atoms with van der Waals surface area (Å²) in [6, 6.07) is 10.3. The highest BCUT2D eigenvalue weighted by atomic mass is 32.2. The van der Waals surface area contributed by atoms with Gasteiger partial charge in [0, 0.05) is 18.3 Å². The molecule has 2 aromatic carbocycles. The first kappa shape index (κ1) is 24.8. The Balaban J connectivity index is 1.65. The van der Waals surface area contributed by atoms with E-state index in [1.807, 2.05) is 0 Å². The summed E-state index contributed by atoms with van der Waals surface area (Å²) in [6.07, 6.45) is 3.46. The number of fused-ring (bicyclic) bond motifs is 1. The molecule has 0 spiro atoms. The van der Waals surface area contributed by atoms with Crippen molar-refractivity contribution >= 4 is 39.6 Å². The Hall–Kier alpha value is -4.34. The Morgan fingerprint density at radius 3 is 2.72 bits per heavy atom. The summed E-state index contributed by atoms with van der Waals surface area (Å²) in [4.78, 5) is 11.5. The SMILES string of the molecule is CC#CC(=O)NCc1cnn(Cc2cc(OC)c3c(N(c4ccccc4OC)S(=O)O)noc3c2)c1. The number of aromatic nitrogens is 3. The molecular weight excluding hydrogens is 486 g/mol. The Bertz CT molecular complexity index is 1490. The van der Waals surface area contributed by atoms with Crippen LogP contribution in [0, 0.1) is 11.8 Å². The van der Waals surface area contributed by atoms with Crippen LogP contribution in [0.4, 0.5) is 11.5 Å². The molecule has 2 heterocycles. The van der Waals surface area contributed by atoms with Crippen LogP contribution in [0.1, 0.15) is 18.1 Å². The second kappa shape index (κ2) is 10.9. The number of anilines is 2. The molecule has 0 radical (unpaired) electrons. The molecule has 1 atom stereocenters. The van der Waals surface area contributed by atoms with Gasteiger partial charge in [-0.05, 0) is 42.7 Å². The normalized spacial score (nSPS) is 11.4. The van der Waals surface area contributed by atoms with Gasteiger partial charge in [-0.3, -0.25) is 14.0 Å². The van der Waals surface area contributed by atoms with E-state index in [9.17, 15) is 13.6 Å². The van der Waals surface area contributed by atoms with E-state index in [1.165, 1.54) is 14.2 Å². The second-order valence-corrected chi connectivity index (χ2v) is 8.30. The number of rotatable bonds is 9. The van der Waals surface area contributed by atoms with Gasteiger partial charge in [-0.15, -0.1) is 0 Å². The lowest BCUT2D eigenvalue weighted by Gasteiger charge is -2.20. The third-order valence-corrected chi connectivity index (χ3v) is 5.86. The lowest BCUT2D eigenvalue weighted by atomic mass is 10.1. The average molecular weight is 510 g/mol. The van der Waals surface area contributed by atoms with E-state index in [1.54, 1.807) is 60.4 Å². The van der Waals surface area contributed by atoms with Crippen molar-refractivity contribution in [3.05, 3.63) is 59.9 Å². The zero-order valence-corrected chi connectivity index (χ0v) is 20.5. The first-order valence-corrected chi connectivity index (χ1v) is 11.7. The summed E-state index contributed by atoms with van der Waals surface area (Å²) in [7, 11) is 2.96. The molecule has 186 valence electrons. The number of ether oxygens (including phenoxy) is 2. The van der Waals surface area contributed by atoms with Crippen molar-refractivity contribution in [1.82, 2.24) is 20.3 Å². The van der Waals surface area contributed by atoms with Gasteiger partial charge in [0.25, 0.3) is 17.2 Å².